The van der Waals surface area contributed by atoms with Crippen molar-refractivity contribution >= 4 is 15.9 Å². The van der Waals surface area contributed by atoms with Gasteiger partial charge in [0.05, 0.1) is 17.1 Å². The van der Waals surface area contributed by atoms with Gasteiger partial charge in [-0.2, -0.15) is 0 Å². The fourth-order valence-electron chi connectivity index (χ4n) is 3.41. The predicted molar refractivity (Wildman–Crippen MR) is 114 cm³/mol. The number of aliphatic hydroxyl groups excluding tert-OH is 1. The molecule has 1 saturated heterocycles. The van der Waals surface area contributed by atoms with E-state index in [0.717, 1.165) is 18.4 Å². The molecule has 1 heterocycles. The molecule has 7 nitrogen and oxygen atoms in total. The third-order valence-corrected chi connectivity index (χ3v) is 6.49. The van der Waals surface area contributed by atoms with Crippen molar-refractivity contribution in [2.24, 2.45) is 0 Å². The number of hydrogen-bond acceptors (Lipinski definition) is 5. The van der Waals surface area contributed by atoms with Gasteiger partial charge in [0.2, 0.25) is 10.0 Å². The minimum Gasteiger partial charge on any atom is -0.388 e. The molecule has 3 atom stereocenters. The van der Waals surface area contributed by atoms with Crippen molar-refractivity contribution in [3.63, 3.8) is 0 Å². The summed E-state index contributed by atoms with van der Waals surface area (Å²) in [5, 5.41) is 13.1. The lowest BCUT2D eigenvalue weighted by atomic mass is 10.0. The number of hydrogen-bond donors (Lipinski definition) is 3. The molecule has 1 fully saturated rings. The Morgan fingerprint density at radius 3 is 2.67 bits per heavy atom. The molecule has 30 heavy (non-hydrogen) atoms. The van der Waals surface area contributed by atoms with Crippen LogP contribution in [0.3, 0.4) is 0 Å². The summed E-state index contributed by atoms with van der Waals surface area (Å²) in [7, 11) is -3.74. The Bertz CT molecular complexity index is 943. The van der Waals surface area contributed by atoms with E-state index < -0.39 is 16.1 Å². The van der Waals surface area contributed by atoms with E-state index in [1.54, 1.807) is 19.1 Å². The quantitative estimate of drug-likeness (QED) is 0.564. The zero-order valence-corrected chi connectivity index (χ0v) is 17.8. The molecule has 0 unspecified atom stereocenters. The molecular formula is C22H28N2O5S. The zero-order chi connectivity index (χ0) is 21.6. The zero-order valence-electron chi connectivity index (χ0n) is 17.0. The van der Waals surface area contributed by atoms with Crippen LogP contribution in [-0.2, 0) is 14.8 Å². The molecule has 3 rings (SSSR count). The highest BCUT2D eigenvalue weighted by Crippen LogP contribution is 2.18. The molecule has 3 N–H and O–H groups in total. The minimum atomic E-state index is -3.74. The first-order valence-corrected chi connectivity index (χ1v) is 11.6. The third-order valence-electron chi connectivity index (χ3n) is 5.07. The smallest absolute Gasteiger partial charge is 0.251 e. The topological polar surface area (TPSA) is 105 Å². The third kappa shape index (κ3) is 6.12. The lowest BCUT2D eigenvalue weighted by Gasteiger charge is -2.18. The normalized spacial score (nSPS) is 18.7. The van der Waals surface area contributed by atoms with Gasteiger partial charge in [-0.15, -0.1) is 0 Å². The summed E-state index contributed by atoms with van der Waals surface area (Å²) < 4.78 is 33.1. The van der Waals surface area contributed by atoms with Gasteiger partial charge in [-0.1, -0.05) is 36.4 Å². The molecule has 2 aromatic carbocycles. The molecule has 0 spiro atoms. The van der Waals surface area contributed by atoms with E-state index in [-0.39, 0.29) is 35.1 Å². The van der Waals surface area contributed by atoms with Gasteiger partial charge >= 0.3 is 0 Å². The average molecular weight is 433 g/mol. The Morgan fingerprint density at radius 2 is 1.97 bits per heavy atom. The van der Waals surface area contributed by atoms with Crippen molar-refractivity contribution in [3.8, 4) is 0 Å². The Kier molecular flexibility index (Phi) is 7.60. The van der Waals surface area contributed by atoms with Gasteiger partial charge in [0.1, 0.15) is 0 Å². The molecule has 2 aromatic rings. The summed E-state index contributed by atoms with van der Waals surface area (Å²) in [6, 6.07) is 14.8. The largest absolute Gasteiger partial charge is 0.388 e. The molecule has 0 aliphatic carbocycles. The molecule has 8 heteroatoms. The van der Waals surface area contributed by atoms with Crippen LogP contribution in [-0.4, -0.2) is 44.7 Å². The van der Waals surface area contributed by atoms with Crippen LogP contribution in [0.2, 0.25) is 0 Å². The number of sulfonamides is 1. The predicted octanol–water partition coefficient (Wildman–Crippen LogP) is 2.39. The molecule has 1 aliphatic heterocycles. The summed E-state index contributed by atoms with van der Waals surface area (Å²) in [5.41, 5.74) is 1.03. The van der Waals surface area contributed by atoms with Gasteiger partial charge in [-0.25, -0.2) is 13.1 Å². The summed E-state index contributed by atoms with van der Waals surface area (Å²) in [5.74, 6) is -0.390. The second kappa shape index (κ2) is 10.2. The fourth-order valence-corrected chi connectivity index (χ4v) is 4.52. The highest BCUT2D eigenvalue weighted by molar-refractivity contribution is 7.89. The second-order valence-corrected chi connectivity index (χ2v) is 9.32. The van der Waals surface area contributed by atoms with Crippen LogP contribution >= 0.6 is 0 Å². The fraction of sp³-hybridized carbons (Fsp3) is 0.409. The number of aliphatic hydroxyl groups is 1. The van der Waals surface area contributed by atoms with Gasteiger partial charge in [-0.3, -0.25) is 4.79 Å². The average Bonchev–Trinajstić information content (AvgIpc) is 3.27. The van der Waals surface area contributed by atoms with E-state index in [1.165, 1.54) is 12.1 Å². The Hall–Kier alpha value is -2.26. The monoisotopic (exact) mass is 432 g/mol. The molecular weight excluding hydrogens is 404 g/mol. The second-order valence-electron chi connectivity index (χ2n) is 7.55. The van der Waals surface area contributed by atoms with Gasteiger partial charge in [0.25, 0.3) is 5.91 Å². The van der Waals surface area contributed by atoms with Crippen LogP contribution in [0.4, 0.5) is 0 Å². The summed E-state index contributed by atoms with van der Waals surface area (Å²) in [4.78, 5) is 12.6. The molecule has 0 aromatic heterocycles. The minimum absolute atomic E-state index is 0.0325. The summed E-state index contributed by atoms with van der Waals surface area (Å²) in [6.07, 6.45) is 1.30. The summed E-state index contributed by atoms with van der Waals surface area (Å²) in [6.45, 7) is 2.67. The van der Waals surface area contributed by atoms with Gasteiger partial charge in [0, 0.05) is 24.8 Å². The van der Waals surface area contributed by atoms with E-state index >= 15 is 0 Å². The van der Waals surface area contributed by atoms with E-state index in [2.05, 4.69) is 10.0 Å². The van der Waals surface area contributed by atoms with Crippen molar-refractivity contribution in [3.05, 3.63) is 65.7 Å². The standard InChI is InChI=1S/C22H28N2O5S/c1-16(13-21(25)17-7-3-2-4-8-17)24-22(26)18-9-5-11-20(14-18)30(27,28)23-15-19-10-6-12-29-19/h2-5,7-9,11,14,16,19,21,23,25H,6,10,12-13,15H2,1H3,(H,24,26)/t16-,19+,21+/m1/s1. The van der Waals surface area contributed by atoms with Crippen LogP contribution in [0, 0.1) is 0 Å². The highest BCUT2D eigenvalue weighted by Gasteiger charge is 2.21. The maximum absolute atomic E-state index is 12.6. The van der Waals surface area contributed by atoms with E-state index in [4.69, 9.17) is 4.74 Å². The SMILES string of the molecule is C[C@H](C[C@H](O)c1ccccc1)NC(=O)c1cccc(S(=O)(=O)NC[C@@H]2CCCO2)c1. The Balaban J connectivity index is 1.59. The van der Waals surface area contributed by atoms with Gasteiger partial charge in [-0.05, 0) is 49.9 Å². The number of nitrogens with one attached hydrogen (secondary N) is 2. The summed E-state index contributed by atoms with van der Waals surface area (Å²) >= 11 is 0. The number of benzene rings is 2. The van der Waals surface area contributed by atoms with Crippen LogP contribution in [0.1, 0.15) is 48.2 Å². The maximum atomic E-state index is 12.6. The lowest BCUT2D eigenvalue weighted by Crippen LogP contribution is -2.34. The number of ether oxygens (including phenoxy) is 1. The maximum Gasteiger partial charge on any atom is 0.251 e. The molecule has 1 amide bonds. The first-order valence-electron chi connectivity index (χ1n) is 10.1. The van der Waals surface area contributed by atoms with Crippen molar-refractivity contribution in [2.75, 3.05) is 13.2 Å². The number of carbonyl (C=O) groups is 1. The number of rotatable bonds is 9. The van der Waals surface area contributed by atoms with E-state index in [9.17, 15) is 18.3 Å². The van der Waals surface area contributed by atoms with Crippen molar-refractivity contribution < 1.29 is 23.1 Å². The van der Waals surface area contributed by atoms with Crippen LogP contribution in [0.5, 0.6) is 0 Å². The van der Waals surface area contributed by atoms with E-state index in [1.807, 2.05) is 30.3 Å². The number of amides is 1. The van der Waals surface area contributed by atoms with Crippen molar-refractivity contribution in [1.82, 2.24) is 10.0 Å². The molecule has 1 aliphatic rings. The highest BCUT2D eigenvalue weighted by atomic mass is 32.2. The number of carbonyl (C=O) groups excluding carboxylic acids is 1. The molecule has 162 valence electrons. The van der Waals surface area contributed by atoms with Crippen molar-refractivity contribution in [1.29, 1.82) is 0 Å². The molecule has 0 saturated carbocycles. The van der Waals surface area contributed by atoms with Gasteiger partial charge < -0.3 is 15.2 Å². The van der Waals surface area contributed by atoms with Crippen LogP contribution in [0.25, 0.3) is 0 Å². The first-order chi connectivity index (χ1) is 14.3. The Morgan fingerprint density at radius 1 is 1.20 bits per heavy atom. The lowest BCUT2D eigenvalue weighted by molar-refractivity contribution is 0.0916. The van der Waals surface area contributed by atoms with Crippen molar-refractivity contribution in [2.45, 2.75) is 49.3 Å². The van der Waals surface area contributed by atoms with Crippen LogP contribution < -0.4 is 10.0 Å². The van der Waals surface area contributed by atoms with Crippen LogP contribution in [0.15, 0.2) is 59.5 Å². The van der Waals surface area contributed by atoms with E-state index in [0.29, 0.717) is 13.0 Å². The van der Waals surface area contributed by atoms with Gasteiger partial charge in [0.15, 0.2) is 0 Å². The molecule has 0 bridgehead atoms. The first kappa shape index (κ1) is 22.4. The Labute approximate surface area is 177 Å². The molecule has 0 radical (unpaired) electrons.